The molecule has 112 valence electrons. The minimum atomic E-state index is -0.140. The molecule has 2 aromatic rings. The molecule has 0 spiro atoms. The smallest absolute Gasteiger partial charge is 0.298 e. The van der Waals surface area contributed by atoms with Gasteiger partial charge >= 0.3 is 0 Å². The van der Waals surface area contributed by atoms with Crippen molar-refractivity contribution in [1.82, 2.24) is 0 Å². The summed E-state index contributed by atoms with van der Waals surface area (Å²) < 4.78 is 4.70. The predicted octanol–water partition coefficient (Wildman–Crippen LogP) is 3.16. The second-order valence-electron chi connectivity index (χ2n) is 4.98. The molecular formula is C18H12N2O3. The SMILES string of the molecule is N#C/C(=C\c1ccc(O)c(OC=O)c1)C1=Nc2ccccc2C1. The number of carbonyl (C=O) groups is 1. The van der Waals surface area contributed by atoms with Crippen molar-refractivity contribution in [2.24, 2.45) is 4.99 Å². The van der Waals surface area contributed by atoms with E-state index in [1.807, 2.05) is 24.3 Å². The predicted molar refractivity (Wildman–Crippen MR) is 85.6 cm³/mol. The van der Waals surface area contributed by atoms with Gasteiger partial charge in [0.1, 0.15) is 6.07 Å². The topological polar surface area (TPSA) is 82.7 Å². The van der Waals surface area contributed by atoms with Crippen molar-refractivity contribution in [2.45, 2.75) is 6.42 Å². The van der Waals surface area contributed by atoms with Gasteiger partial charge in [-0.1, -0.05) is 24.3 Å². The summed E-state index contributed by atoms with van der Waals surface area (Å²) in [5.41, 5.74) is 3.72. The Morgan fingerprint density at radius 2 is 2.13 bits per heavy atom. The van der Waals surface area contributed by atoms with Crippen LogP contribution in [0.1, 0.15) is 11.1 Å². The fourth-order valence-electron chi connectivity index (χ4n) is 2.40. The van der Waals surface area contributed by atoms with E-state index >= 15 is 0 Å². The fraction of sp³-hybridized carbons (Fsp3) is 0.0556. The van der Waals surface area contributed by atoms with Crippen LogP contribution in [0.15, 0.2) is 53.0 Å². The lowest BCUT2D eigenvalue weighted by Gasteiger charge is -2.03. The zero-order valence-electron chi connectivity index (χ0n) is 12.1. The van der Waals surface area contributed by atoms with E-state index in [0.717, 1.165) is 11.3 Å². The van der Waals surface area contributed by atoms with Crippen LogP contribution in [0.2, 0.25) is 0 Å². The molecule has 5 heteroatoms. The van der Waals surface area contributed by atoms with Gasteiger partial charge in [0.05, 0.1) is 17.0 Å². The van der Waals surface area contributed by atoms with Gasteiger partial charge in [0.25, 0.3) is 6.47 Å². The number of phenols is 1. The molecule has 0 saturated heterocycles. The van der Waals surface area contributed by atoms with Gasteiger partial charge in [-0.3, -0.25) is 9.79 Å². The average molecular weight is 304 g/mol. The number of nitrogens with zero attached hydrogens (tertiary/aromatic N) is 2. The number of aromatic hydroxyl groups is 1. The van der Waals surface area contributed by atoms with Gasteiger partial charge in [0.15, 0.2) is 11.5 Å². The summed E-state index contributed by atoms with van der Waals surface area (Å²) in [5, 5.41) is 19.0. The third kappa shape index (κ3) is 2.97. The van der Waals surface area contributed by atoms with E-state index in [1.165, 1.54) is 12.1 Å². The molecule has 5 nitrogen and oxygen atoms in total. The molecule has 2 aromatic carbocycles. The lowest BCUT2D eigenvalue weighted by Crippen LogP contribution is -2.01. The third-order valence-corrected chi connectivity index (χ3v) is 3.51. The first-order valence-corrected chi connectivity index (χ1v) is 6.92. The van der Waals surface area contributed by atoms with Crippen LogP contribution in [0, 0.1) is 11.3 Å². The first-order valence-electron chi connectivity index (χ1n) is 6.92. The highest BCUT2D eigenvalue weighted by Gasteiger charge is 2.17. The molecule has 0 aliphatic carbocycles. The van der Waals surface area contributed by atoms with Gasteiger partial charge in [-0.2, -0.15) is 5.26 Å². The largest absolute Gasteiger partial charge is 0.504 e. The monoisotopic (exact) mass is 304 g/mol. The molecule has 1 N–H and O–H groups in total. The zero-order valence-corrected chi connectivity index (χ0v) is 12.1. The molecule has 1 aliphatic heterocycles. The lowest BCUT2D eigenvalue weighted by molar-refractivity contribution is -0.120. The number of benzene rings is 2. The van der Waals surface area contributed by atoms with E-state index in [9.17, 15) is 15.2 Å². The van der Waals surface area contributed by atoms with Gasteiger partial charge in [-0.05, 0) is 35.4 Å². The maximum atomic E-state index is 10.4. The minimum Gasteiger partial charge on any atom is -0.504 e. The summed E-state index contributed by atoms with van der Waals surface area (Å²) in [4.78, 5) is 14.9. The Labute approximate surface area is 132 Å². The van der Waals surface area contributed by atoms with Crippen molar-refractivity contribution < 1.29 is 14.6 Å². The molecule has 0 aromatic heterocycles. The molecule has 1 heterocycles. The summed E-state index contributed by atoms with van der Waals surface area (Å²) in [6.07, 6.45) is 2.26. The number of aliphatic imine (C=N–C) groups is 1. The summed E-state index contributed by atoms with van der Waals surface area (Å²) in [7, 11) is 0. The quantitative estimate of drug-likeness (QED) is 0.694. The molecule has 0 atom stereocenters. The highest BCUT2D eigenvalue weighted by atomic mass is 16.5. The number of ether oxygens (including phenoxy) is 1. The zero-order chi connectivity index (χ0) is 16.2. The van der Waals surface area contributed by atoms with Crippen LogP contribution in [0.5, 0.6) is 11.5 Å². The van der Waals surface area contributed by atoms with Crippen molar-refractivity contribution in [2.75, 3.05) is 0 Å². The van der Waals surface area contributed by atoms with Crippen LogP contribution in [-0.4, -0.2) is 17.3 Å². The van der Waals surface area contributed by atoms with Crippen molar-refractivity contribution in [3.63, 3.8) is 0 Å². The van der Waals surface area contributed by atoms with Crippen LogP contribution in [0.4, 0.5) is 5.69 Å². The molecule has 1 aliphatic rings. The fourth-order valence-corrected chi connectivity index (χ4v) is 2.40. The van der Waals surface area contributed by atoms with Gasteiger partial charge in [-0.25, -0.2) is 0 Å². The molecule has 0 bridgehead atoms. The van der Waals surface area contributed by atoms with Crippen LogP contribution in [0.3, 0.4) is 0 Å². The Balaban J connectivity index is 1.94. The molecular weight excluding hydrogens is 292 g/mol. The van der Waals surface area contributed by atoms with E-state index in [1.54, 1.807) is 12.1 Å². The van der Waals surface area contributed by atoms with E-state index < -0.39 is 0 Å². The van der Waals surface area contributed by atoms with Crippen LogP contribution < -0.4 is 4.74 Å². The molecule has 0 fully saturated rings. The Morgan fingerprint density at radius 1 is 1.30 bits per heavy atom. The summed E-state index contributed by atoms with van der Waals surface area (Å²) in [6.45, 7) is 0.242. The number of allylic oxidation sites excluding steroid dienone is 1. The first kappa shape index (κ1) is 14.5. The number of carbonyl (C=O) groups excluding carboxylic acids is 1. The van der Waals surface area contributed by atoms with Gasteiger partial charge < -0.3 is 9.84 Å². The number of hydrogen-bond acceptors (Lipinski definition) is 5. The molecule has 0 amide bonds. The van der Waals surface area contributed by atoms with Gasteiger partial charge in [-0.15, -0.1) is 0 Å². The normalized spacial score (nSPS) is 13.0. The highest BCUT2D eigenvalue weighted by Crippen LogP contribution is 2.30. The van der Waals surface area contributed by atoms with Crippen molar-refractivity contribution in [1.29, 1.82) is 5.26 Å². The summed E-state index contributed by atoms with van der Waals surface area (Å²) in [5.74, 6) is -0.0962. The molecule has 0 radical (unpaired) electrons. The van der Waals surface area contributed by atoms with E-state index in [-0.39, 0.29) is 18.0 Å². The summed E-state index contributed by atoms with van der Waals surface area (Å²) >= 11 is 0. The average Bonchev–Trinajstić information content (AvgIpc) is 2.99. The molecule has 23 heavy (non-hydrogen) atoms. The van der Waals surface area contributed by atoms with E-state index in [4.69, 9.17) is 4.74 Å². The molecule has 0 saturated carbocycles. The highest BCUT2D eigenvalue weighted by molar-refractivity contribution is 6.11. The number of fused-ring (bicyclic) bond motifs is 1. The second kappa shape index (κ2) is 6.16. The Morgan fingerprint density at radius 3 is 2.87 bits per heavy atom. The summed E-state index contributed by atoms with van der Waals surface area (Å²) in [6, 6.07) is 14.4. The number of hydrogen-bond donors (Lipinski definition) is 1. The standard InChI is InChI=1S/C18H12N2O3/c19-10-14(16-9-13-3-1-2-4-15(13)20-16)7-12-5-6-17(22)18(8-12)23-11-21/h1-8,11,22H,9H2/b14-7+. The Kier molecular flexibility index (Phi) is 3.89. The number of nitriles is 1. The third-order valence-electron chi connectivity index (χ3n) is 3.51. The van der Waals surface area contributed by atoms with Crippen LogP contribution in [0.25, 0.3) is 6.08 Å². The Hall–Kier alpha value is -3.39. The maximum Gasteiger partial charge on any atom is 0.298 e. The lowest BCUT2D eigenvalue weighted by atomic mass is 10.0. The van der Waals surface area contributed by atoms with Crippen molar-refractivity contribution in [3.05, 3.63) is 59.2 Å². The van der Waals surface area contributed by atoms with E-state index in [0.29, 0.717) is 23.3 Å². The van der Waals surface area contributed by atoms with Crippen LogP contribution >= 0.6 is 0 Å². The molecule has 3 rings (SSSR count). The number of rotatable bonds is 4. The second-order valence-corrected chi connectivity index (χ2v) is 4.98. The number of para-hydroxylation sites is 1. The molecule has 0 unspecified atom stereocenters. The number of phenolic OH excluding ortho intramolecular Hbond substituents is 1. The van der Waals surface area contributed by atoms with Crippen LogP contribution in [-0.2, 0) is 11.2 Å². The van der Waals surface area contributed by atoms with Crippen molar-refractivity contribution >= 4 is 23.9 Å². The van der Waals surface area contributed by atoms with Gasteiger partial charge in [0, 0.05) is 6.42 Å². The Bertz CT molecular complexity index is 876. The van der Waals surface area contributed by atoms with Gasteiger partial charge in [0.2, 0.25) is 0 Å². The first-order chi connectivity index (χ1) is 11.2. The van der Waals surface area contributed by atoms with E-state index in [2.05, 4.69) is 11.1 Å². The maximum absolute atomic E-state index is 10.4. The van der Waals surface area contributed by atoms with Crippen molar-refractivity contribution in [3.8, 4) is 17.6 Å². The minimum absolute atomic E-state index is 0.0442.